The van der Waals surface area contributed by atoms with E-state index in [0.29, 0.717) is 26.2 Å². The smallest absolute Gasteiger partial charge is 0.357 e. The Morgan fingerprint density at radius 1 is 0.750 bits per heavy atom. The first kappa shape index (κ1) is 17.6. The molecule has 130 valence electrons. The van der Waals surface area contributed by atoms with E-state index >= 15 is 0 Å². The van der Waals surface area contributed by atoms with E-state index in [1.807, 2.05) is 23.5 Å². The Labute approximate surface area is 149 Å². The second-order valence-electron chi connectivity index (χ2n) is 5.39. The number of hydrogen-bond donors (Lipinski definition) is 0. The van der Waals surface area contributed by atoms with Crippen molar-refractivity contribution in [2.75, 3.05) is 49.2 Å². The minimum absolute atomic E-state index is 0.243. The van der Waals surface area contributed by atoms with Crippen molar-refractivity contribution in [1.82, 2.24) is 10.1 Å². The number of benzene rings is 1. The van der Waals surface area contributed by atoms with Gasteiger partial charge in [0, 0.05) is 49.2 Å². The fraction of sp³-hybridized carbons (Fsp3) is 0.500. The van der Waals surface area contributed by atoms with Crippen molar-refractivity contribution >= 4 is 35.5 Å². The molecule has 6 nitrogen and oxygen atoms in total. The van der Waals surface area contributed by atoms with Crippen molar-refractivity contribution in [3.63, 3.8) is 0 Å². The fourth-order valence-corrected chi connectivity index (χ4v) is 4.19. The first-order valence-corrected chi connectivity index (χ1v) is 10.2. The van der Waals surface area contributed by atoms with Gasteiger partial charge in [-0.05, 0) is 12.1 Å². The van der Waals surface area contributed by atoms with Gasteiger partial charge < -0.3 is 9.68 Å². The van der Waals surface area contributed by atoms with Crippen molar-refractivity contribution in [1.29, 1.82) is 0 Å². The number of rotatable bonds is 4. The van der Waals surface area contributed by atoms with E-state index < -0.39 is 11.9 Å². The van der Waals surface area contributed by atoms with E-state index in [0.717, 1.165) is 23.0 Å². The van der Waals surface area contributed by atoms with Gasteiger partial charge in [-0.3, -0.25) is 0 Å². The lowest BCUT2D eigenvalue weighted by molar-refractivity contribution is -0.106. The fourth-order valence-electron chi connectivity index (χ4n) is 2.45. The first-order valence-electron chi connectivity index (χ1n) is 7.93. The van der Waals surface area contributed by atoms with Gasteiger partial charge in [0.25, 0.3) is 0 Å². The Morgan fingerprint density at radius 3 is 1.50 bits per heavy atom. The van der Waals surface area contributed by atoms with Gasteiger partial charge in [-0.25, -0.2) is 9.59 Å². The lowest BCUT2D eigenvalue weighted by Gasteiger charge is -2.26. The lowest BCUT2D eigenvalue weighted by Crippen LogP contribution is -2.36. The molecule has 24 heavy (non-hydrogen) atoms. The van der Waals surface area contributed by atoms with Crippen LogP contribution in [0.5, 0.6) is 0 Å². The van der Waals surface area contributed by atoms with Gasteiger partial charge in [0.15, 0.2) is 0 Å². The van der Waals surface area contributed by atoms with Crippen molar-refractivity contribution in [3.05, 3.63) is 35.4 Å². The molecule has 0 radical (unpaired) electrons. The molecule has 2 aliphatic rings. The van der Waals surface area contributed by atoms with Gasteiger partial charge in [0.1, 0.15) is 0 Å². The van der Waals surface area contributed by atoms with Gasteiger partial charge in [-0.15, -0.1) is 10.1 Å². The zero-order valence-electron chi connectivity index (χ0n) is 13.3. The molecule has 0 N–H and O–H groups in total. The van der Waals surface area contributed by atoms with E-state index in [1.165, 1.54) is 0 Å². The molecule has 2 aliphatic heterocycles. The van der Waals surface area contributed by atoms with Gasteiger partial charge >= 0.3 is 11.9 Å². The maximum absolute atomic E-state index is 12.4. The van der Waals surface area contributed by atoms with E-state index in [1.54, 1.807) is 34.4 Å². The number of hydrogen-bond acceptors (Lipinski definition) is 8. The first-order chi connectivity index (χ1) is 11.7. The molecule has 2 heterocycles. The third-order valence-electron chi connectivity index (χ3n) is 3.73. The SMILES string of the molecule is O=C(ON1CCSCC1)c1ccccc1C(=O)ON1CCSCC1. The highest BCUT2D eigenvalue weighted by Gasteiger charge is 2.24. The topological polar surface area (TPSA) is 59.1 Å². The van der Waals surface area contributed by atoms with Crippen molar-refractivity contribution in [2.24, 2.45) is 0 Å². The molecule has 2 fully saturated rings. The van der Waals surface area contributed by atoms with Crippen LogP contribution >= 0.6 is 23.5 Å². The van der Waals surface area contributed by atoms with Crippen molar-refractivity contribution in [2.45, 2.75) is 0 Å². The number of thioether (sulfide) groups is 2. The molecule has 1 aromatic rings. The normalized spacial score (nSPS) is 19.7. The summed E-state index contributed by atoms with van der Waals surface area (Å²) < 4.78 is 0. The van der Waals surface area contributed by atoms with Crippen LogP contribution < -0.4 is 0 Å². The molecule has 0 amide bonds. The number of nitrogens with zero attached hydrogens (tertiary/aromatic N) is 2. The molecule has 0 aliphatic carbocycles. The highest BCUT2D eigenvalue weighted by atomic mass is 32.2. The third kappa shape index (κ3) is 4.66. The molecule has 2 saturated heterocycles. The zero-order valence-corrected chi connectivity index (χ0v) is 14.9. The molecule has 0 aromatic heterocycles. The van der Waals surface area contributed by atoms with E-state index in [2.05, 4.69) is 0 Å². The summed E-state index contributed by atoms with van der Waals surface area (Å²) in [6, 6.07) is 6.64. The Bertz CT molecular complexity index is 536. The van der Waals surface area contributed by atoms with Crippen molar-refractivity contribution in [3.8, 4) is 0 Å². The third-order valence-corrected chi connectivity index (χ3v) is 5.62. The van der Waals surface area contributed by atoms with Gasteiger partial charge in [-0.2, -0.15) is 23.5 Å². The maximum Gasteiger partial charge on any atom is 0.357 e. The Balaban J connectivity index is 1.67. The molecule has 0 unspecified atom stereocenters. The van der Waals surface area contributed by atoms with Crippen LogP contribution in [0.2, 0.25) is 0 Å². The highest BCUT2D eigenvalue weighted by molar-refractivity contribution is 7.99. The molecule has 0 atom stereocenters. The van der Waals surface area contributed by atoms with Crippen LogP contribution in [-0.4, -0.2) is 71.3 Å². The second-order valence-corrected chi connectivity index (χ2v) is 7.84. The lowest BCUT2D eigenvalue weighted by atomic mass is 10.1. The maximum atomic E-state index is 12.4. The molecule has 1 aromatic carbocycles. The molecule has 0 saturated carbocycles. The van der Waals surface area contributed by atoms with Crippen LogP contribution in [0.1, 0.15) is 20.7 Å². The summed E-state index contributed by atoms with van der Waals surface area (Å²) in [7, 11) is 0. The Hall–Kier alpha value is -1.22. The van der Waals surface area contributed by atoms with E-state index in [9.17, 15) is 9.59 Å². The molecule has 8 heteroatoms. The van der Waals surface area contributed by atoms with Crippen LogP contribution in [0.4, 0.5) is 0 Å². The molecule has 0 bridgehead atoms. The standard InChI is InChI=1S/C16H20N2O4S2/c19-15(21-17-5-9-23-10-6-17)13-3-1-2-4-14(13)16(20)22-18-7-11-24-12-8-18/h1-4H,5-12H2. The molecular formula is C16H20N2O4S2. The summed E-state index contributed by atoms with van der Waals surface area (Å²) in [5, 5.41) is 3.31. The number of carbonyl (C=O) groups excluding carboxylic acids is 2. The second kappa shape index (κ2) is 8.75. The average molecular weight is 368 g/mol. The van der Waals surface area contributed by atoms with Crippen LogP contribution in [0.25, 0.3) is 0 Å². The van der Waals surface area contributed by atoms with Gasteiger partial charge in [-0.1, -0.05) is 12.1 Å². The van der Waals surface area contributed by atoms with Crippen molar-refractivity contribution < 1.29 is 19.3 Å². The highest BCUT2D eigenvalue weighted by Crippen LogP contribution is 2.17. The average Bonchev–Trinajstić information content (AvgIpc) is 2.63. The van der Waals surface area contributed by atoms with Crippen LogP contribution in [0, 0.1) is 0 Å². The molecule has 0 spiro atoms. The van der Waals surface area contributed by atoms with Crippen LogP contribution in [0.3, 0.4) is 0 Å². The van der Waals surface area contributed by atoms with Gasteiger partial charge in [0.2, 0.25) is 0 Å². The molecule has 3 rings (SSSR count). The quantitative estimate of drug-likeness (QED) is 0.799. The summed E-state index contributed by atoms with van der Waals surface area (Å²) in [5.41, 5.74) is 0.485. The van der Waals surface area contributed by atoms with Crippen LogP contribution in [0.15, 0.2) is 24.3 Å². The minimum Gasteiger partial charge on any atom is -0.364 e. The summed E-state index contributed by atoms with van der Waals surface area (Å²) in [6.07, 6.45) is 0. The predicted octanol–water partition coefficient (Wildman–Crippen LogP) is 1.93. The van der Waals surface area contributed by atoms with Gasteiger partial charge in [0.05, 0.1) is 11.1 Å². The van der Waals surface area contributed by atoms with E-state index in [-0.39, 0.29) is 11.1 Å². The summed E-state index contributed by atoms with van der Waals surface area (Å²) in [6.45, 7) is 2.81. The molecular weight excluding hydrogens is 348 g/mol. The zero-order chi connectivity index (χ0) is 16.8. The summed E-state index contributed by atoms with van der Waals surface area (Å²) >= 11 is 3.67. The largest absolute Gasteiger partial charge is 0.364 e. The predicted molar refractivity (Wildman–Crippen MR) is 95.1 cm³/mol. The van der Waals surface area contributed by atoms with Crippen LogP contribution in [-0.2, 0) is 9.68 Å². The monoisotopic (exact) mass is 368 g/mol. The Morgan fingerprint density at radius 2 is 1.12 bits per heavy atom. The minimum atomic E-state index is -0.511. The Kier molecular flexibility index (Phi) is 6.42. The summed E-state index contributed by atoms with van der Waals surface area (Å²) in [5.74, 6) is 2.72. The summed E-state index contributed by atoms with van der Waals surface area (Å²) in [4.78, 5) is 35.7. The number of carbonyl (C=O) groups is 2. The number of hydroxylamine groups is 4. The van der Waals surface area contributed by atoms with E-state index in [4.69, 9.17) is 9.68 Å².